The van der Waals surface area contributed by atoms with Gasteiger partial charge in [-0.05, 0) is 31.0 Å². The zero-order chi connectivity index (χ0) is 15.9. The molecule has 4 nitrogen and oxygen atoms in total. The zero-order valence-electron chi connectivity index (χ0n) is 12.6. The number of carbonyl (C=O) groups excluding carboxylic acids is 2. The van der Waals surface area contributed by atoms with E-state index in [1.54, 1.807) is 11.8 Å². The highest BCUT2D eigenvalue weighted by Crippen LogP contribution is 2.23. The van der Waals surface area contributed by atoms with E-state index in [0.717, 1.165) is 22.2 Å². The molecule has 1 saturated carbocycles. The number of thioether (sulfide) groups is 1. The van der Waals surface area contributed by atoms with Gasteiger partial charge in [0.05, 0.1) is 0 Å². The minimum atomic E-state index is -0.498. The van der Waals surface area contributed by atoms with Crippen LogP contribution in [0.2, 0.25) is 0 Å². The molecular weight excluding hydrogens is 364 g/mol. The van der Waals surface area contributed by atoms with Gasteiger partial charge in [0, 0.05) is 28.1 Å². The summed E-state index contributed by atoms with van der Waals surface area (Å²) in [6.45, 7) is 1.44. The van der Waals surface area contributed by atoms with Crippen LogP contribution in [0.5, 0.6) is 0 Å². The second-order valence-electron chi connectivity index (χ2n) is 5.51. The van der Waals surface area contributed by atoms with Crippen molar-refractivity contribution in [1.29, 1.82) is 0 Å². The number of amides is 2. The summed E-state index contributed by atoms with van der Waals surface area (Å²) in [5.41, 5.74) is 0. The Bertz CT molecular complexity index is 533. The lowest BCUT2D eigenvalue weighted by molar-refractivity contribution is -0.127. The molecule has 2 N–H and O–H groups in total. The largest absolute Gasteiger partial charge is 0.352 e. The van der Waals surface area contributed by atoms with Crippen LogP contribution in [0.4, 0.5) is 0 Å². The Morgan fingerprint density at radius 2 is 2.09 bits per heavy atom. The summed E-state index contributed by atoms with van der Waals surface area (Å²) in [7, 11) is 0. The maximum atomic E-state index is 12.4. The topological polar surface area (TPSA) is 58.2 Å². The van der Waals surface area contributed by atoms with Gasteiger partial charge in [0.1, 0.15) is 6.04 Å². The molecule has 1 aromatic carbocycles. The van der Waals surface area contributed by atoms with Crippen LogP contribution in [-0.4, -0.2) is 29.7 Å². The van der Waals surface area contributed by atoms with E-state index in [2.05, 4.69) is 26.6 Å². The SMILES string of the molecule is CC(=O)NC(CSc1cccc(Br)c1)C(=O)NC1CCCC1. The number of hydrogen-bond acceptors (Lipinski definition) is 3. The van der Waals surface area contributed by atoms with Crippen LogP contribution < -0.4 is 10.6 Å². The van der Waals surface area contributed by atoms with Crippen molar-refractivity contribution in [1.82, 2.24) is 10.6 Å². The molecule has 0 aliphatic heterocycles. The summed E-state index contributed by atoms with van der Waals surface area (Å²) < 4.78 is 1.00. The molecular formula is C16H21BrN2O2S. The second-order valence-corrected chi connectivity index (χ2v) is 7.52. The van der Waals surface area contributed by atoms with Gasteiger partial charge in [0.25, 0.3) is 0 Å². The first-order valence-electron chi connectivity index (χ1n) is 7.50. The van der Waals surface area contributed by atoms with Gasteiger partial charge in [0.15, 0.2) is 0 Å². The van der Waals surface area contributed by atoms with Gasteiger partial charge in [-0.25, -0.2) is 0 Å². The number of carbonyl (C=O) groups is 2. The average Bonchev–Trinajstić information content (AvgIpc) is 2.96. The summed E-state index contributed by atoms with van der Waals surface area (Å²) in [6, 6.07) is 7.68. The summed E-state index contributed by atoms with van der Waals surface area (Å²) in [5, 5.41) is 5.81. The van der Waals surface area contributed by atoms with Crippen molar-refractivity contribution >= 4 is 39.5 Å². The van der Waals surface area contributed by atoms with E-state index in [-0.39, 0.29) is 17.9 Å². The van der Waals surface area contributed by atoms with Crippen molar-refractivity contribution in [2.24, 2.45) is 0 Å². The van der Waals surface area contributed by atoms with Crippen molar-refractivity contribution in [2.45, 2.75) is 49.6 Å². The standard InChI is InChI=1S/C16H21BrN2O2S/c1-11(20)18-15(16(21)19-13-6-2-3-7-13)10-22-14-8-4-5-12(17)9-14/h4-5,8-9,13,15H,2-3,6-7,10H2,1H3,(H,18,20)(H,19,21). The smallest absolute Gasteiger partial charge is 0.243 e. The van der Waals surface area contributed by atoms with Crippen LogP contribution in [0, 0.1) is 0 Å². The molecule has 0 radical (unpaired) electrons. The maximum absolute atomic E-state index is 12.4. The predicted molar refractivity (Wildman–Crippen MR) is 92.9 cm³/mol. The Labute approximate surface area is 143 Å². The summed E-state index contributed by atoms with van der Waals surface area (Å²) >= 11 is 5.00. The lowest BCUT2D eigenvalue weighted by atomic mass is 10.2. The lowest BCUT2D eigenvalue weighted by Crippen LogP contribution is -2.50. The first-order valence-corrected chi connectivity index (χ1v) is 9.28. The normalized spacial score (nSPS) is 16.3. The van der Waals surface area contributed by atoms with Crippen LogP contribution in [0.1, 0.15) is 32.6 Å². The van der Waals surface area contributed by atoms with Crippen molar-refractivity contribution < 1.29 is 9.59 Å². The third-order valence-electron chi connectivity index (χ3n) is 3.61. The Balaban J connectivity index is 1.92. The Hall–Kier alpha value is -1.01. The Morgan fingerprint density at radius 3 is 2.73 bits per heavy atom. The molecule has 1 aliphatic rings. The van der Waals surface area contributed by atoms with E-state index >= 15 is 0 Å². The molecule has 2 rings (SSSR count). The molecule has 2 amide bonds. The highest BCUT2D eigenvalue weighted by Gasteiger charge is 2.24. The van der Waals surface area contributed by atoms with Crippen molar-refractivity contribution in [2.75, 3.05) is 5.75 Å². The number of rotatable bonds is 6. The zero-order valence-corrected chi connectivity index (χ0v) is 15.0. The molecule has 22 heavy (non-hydrogen) atoms. The van der Waals surface area contributed by atoms with Gasteiger partial charge in [-0.2, -0.15) is 0 Å². The van der Waals surface area contributed by atoms with Crippen LogP contribution >= 0.6 is 27.7 Å². The van der Waals surface area contributed by atoms with Gasteiger partial charge in [-0.3, -0.25) is 9.59 Å². The van der Waals surface area contributed by atoms with Gasteiger partial charge in [-0.15, -0.1) is 11.8 Å². The van der Waals surface area contributed by atoms with Gasteiger partial charge in [0.2, 0.25) is 11.8 Å². The number of hydrogen-bond donors (Lipinski definition) is 2. The highest BCUT2D eigenvalue weighted by atomic mass is 79.9. The van der Waals surface area contributed by atoms with Crippen molar-refractivity contribution in [3.05, 3.63) is 28.7 Å². The molecule has 1 atom stereocenters. The molecule has 1 fully saturated rings. The van der Waals surface area contributed by atoms with Crippen LogP contribution in [0.25, 0.3) is 0 Å². The Morgan fingerprint density at radius 1 is 1.36 bits per heavy atom. The van der Waals surface area contributed by atoms with Crippen molar-refractivity contribution in [3.8, 4) is 0 Å². The molecule has 0 bridgehead atoms. The second kappa shape index (κ2) is 8.58. The third-order valence-corrected chi connectivity index (χ3v) is 5.19. The van der Waals surface area contributed by atoms with Gasteiger partial charge < -0.3 is 10.6 Å². The van der Waals surface area contributed by atoms with E-state index in [4.69, 9.17) is 0 Å². The summed E-state index contributed by atoms with van der Waals surface area (Å²) in [6.07, 6.45) is 4.42. The highest BCUT2D eigenvalue weighted by molar-refractivity contribution is 9.10. The number of benzene rings is 1. The molecule has 120 valence electrons. The van der Waals surface area contributed by atoms with E-state index in [1.165, 1.54) is 19.8 Å². The first-order chi connectivity index (χ1) is 10.5. The minimum absolute atomic E-state index is 0.0791. The number of halogens is 1. The minimum Gasteiger partial charge on any atom is -0.352 e. The average molecular weight is 385 g/mol. The summed E-state index contributed by atoms with van der Waals surface area (Å²) in [5.74, 6) is 0.264. The van der Waals surface area contributed by atoms with Gasteiger partial charge >= 0.3 is 0 Å². The third kappa shape index (κ3) is 5.65. The molecule has 1 aliphatic carbocycles. The summed E-state index contributed by atoms with van der Waals surface area (Å²) in [4.78, 5) is 24.8. The monoisotopic (exact) mass is 384 g/mol. The fourth-order valence-electron chi connectivity index (χ4n) is 2.54. The quantitative estimate of drug-likeness (QED) is 0.740. The molecule has 0 aromatic heterocycles. The van der Waals surface area contributed by atoms with Crippen molar-refractivity contribution in [3.63, 3.8) is 0 Å². The van der Waals surface area contributed by atoms with E-state index in [1.807, 2.05) is 24.3 Å². The molecule has 1 aromatic rings. The fraction of sp³-hybridized carbons (Fsp3) is 0.500. The molecule has 1 unspecified atom stereocenters. The fourth-order valence-corrected chi connectivity index (χ4v) is 4.07. The molecule has 0 saturated heterocycles. The molecule has 6 heteroatoms. The molecule has 0 spiro atoms. The lowest BCUT2D eigenvalue weighted by Gasteiger charge is -2.20. The van der Waals surface area contributed by atoms with Crippen LogP contribution in [0.3, 0.4) is 0 Å². The van der Waals surface area contributed by atoms with E-state index < -0.39 is 6.04 Å². The number of nitrogens with one attached hydrogen (secondary N) is 2. The van der Waals surface area contributed by atoms with Gasteiger partial charge in [-0.1, -0.05) is 34.8 Å². The first kappa shape index (κ1) is 17.3. The molecule has 0 heterocycles. The van der Waals surface area contributed by atoms with E-state index in [9.17, 15) is 9.59 Å². The van der Waals surface area contributed by atoms with Crippen LogP contribution in [0.15, 0.2) is 33.6 Å². The van der Waals surface area contributed by atoms with E-state index in [0.29, 0.717) is 5.75 Å². The maximum Gasteiger partial charge on any atom is 0.243 e. The predicted octanol–water partition coefficient (Wildman–Crippen LogP) is 3.10. The van der Waals surface area contributed by atoms with Crippen LogP contribution in [-0.2, 0) is 9.59 Å². The Kier molecular flexibility index (Phi) is 6.76.